The first-order chi connectivity index (χ1) is 15.1. The Balaban J connectivity index is 1.72. The topological polar surface area (TPSA) is 82.1 Å². The Morgan fingerprint density at radius 1 is 1.03 bits per heavy atom. The second-order valence-electron chi connectivity index (χ2n) is 7.72. The summed E-state index contributed by atoms with van der Waals surface area (Å²) in [6, 6.07) is 15.5. The number of Topliss-reactive ketones (excluding diaryl/α,β-unsaturated/α-hetero) is 1. The van der Waals surface area contributed by atoms with E-state index in [0.29, 0.717) is 24.4 Å². The lowest BCUT2D eigenvalue weighted by molar-refractivity contribution is -0.140. The number of hydrogen-bond donors (Lipinski definition) is 2. The predicted molar refractivity (Wildman–Crippen MR) is 118 cm³/mol. The van der Waals surface area contributed by atoms with Crippen LogP contribution in [0, 0.1) is 0 Å². The Labute approximate surface area is 181 Å². The van der Waals surface area contributed by atoms with Crippen molar-refractivity contribution in [2.45, 2.75) is 6.04 Å². The number of aliphatic hydroxyl groups excluding tert-OH is 1. The van der Waals surface area contributed by atoms with Crippen molar-refractivity contribution in [1.82, 2.24) is 15.1 Å². The van der Waals surface area contributed by atoms with Crippen molar-refractivity contribution >= 4 is 17.4 Å². The second-order valence-corrected chi connectivity index (χ2v) is 7.72. The SMILES string of the molecule is COc1ccc(C2/C(=C(/O)c3ccccc3)C(=O)C(=O)N2CCN2CCNCC2)cc1. The zero-order chi connectivity index (χ0) is 21.8. The average Bonchev–Trinajstić information content (AvgIpc) is 3.08. The van der Waals surface area contributed by atoms with E-state index < -0.39 is 17.7 Å². The van der Waals surface area contributed by atoms with Crippen LogP contribution in [0.1, 0.15) is 17.2 Å². The number of amides is 1. The highest BCUT2D eigenvalue weighted by atomic mass is 16.5. The number of nitrogens with zero attached hydrogens (tertiary/aromatic N) is 2. The number of carbonyl (C=O) groups is 2. The van der Waals surface area contributed by atoms with Crippen LogP contribution in [0.2, 0.25) is 0 Å². The van der Waals surface area contributed by atoms with Gasteiger partial charge < -0.3 is 20.1 Å². The summed E-state index contributed by atoms with van der Waals surface area (Å²) in [7, 11) is 1.59. The molecule has 2 N–H and O–H groups in total. The number of carbonyl (C=O) groups excluding carboxylic acids is 2. The van der Waals surface area contributed by atoms with Gasteiger partial charge in [0, 0.05) is 44.8 Å². The van der Waals surface area contributed by atoms with Gasteiger partial charge in [0.25, 0.3) is 11.7 Å². The maximum absolute atomic E-state index is 13.0. The van der Waals surface area contributed by atoms with Gasteiger partial charge >= 0.3 is 0 Å². The van der Waals surface area contributed by atoms with Gasteiger partial charge in [-0.15, -0.1) is 0 Å². The van der Waals surface area contributed by atoms with Crippen molar-refractivity contribution in [3.63, 3.8) is 0 Å². The number of aliphatic hydroxyl groups is 1. The van der Waals surface area contributed by atoms with Gasteiger partial charge in [-0.2, -0.15) is 0 Å². The van der Waals surface area contributed by atoms with Crippen LogP contribution in [-0.2, 0) is 9.59 Å². The largest absolute Gasteiger partial charge is 0.507 e. The van der Waals surface area contributed by atoms with Gasteiger partial charge in [-0.05, 0) is 17.7 Å². The number of ketones is 1. The monoisotopic (exact) mass is 421 g/mol. The molecule has 2 heterocycles. The lowest BCUT2D eigenvalue weighted by atomic mass is 9.95. The summed E-state index contributed by atoms with van der Waals surface area (Å²) < 4.78 is 5.25. The maximum atomic E-state index is 13.0. The number of methoxy groups -OCH3 is 1. The Kier molecular flexibility index (Phi) is 6.34. The zero-order valence-electron chi connectivity index (χ0n) is 17.6. The van der Waals surface area contributed by atoms with E-state index in [9.17, 15) is 14.7 Å². The number of likely N-dealkylation sites (tertiary alicyclic amines) is 1. The normalized spacial score (nSPS) is 21.5. The Bertz CT molecular complexity index is 966. The Hall–Kier alpha value is -3.16. The van der Waals surface area contributed by atoms with E-state index in [2.05, 4.69) is 10.2 Å². The average molecular weight is 421 g/mol. The maximum Gasteiger partial charge on any atom is 0.295 e. The van der Waals surface area contributed by atoms with E-state index in [1.54, 1.807) is 48.4 Å². The van der Waals surface area contributed by atoms with Crippen LogP contribution in [0.5, 0.6) is 5.75 Å². The quantitative estimate of drug-likeness (QED) is 0.422. The van der Waals surface area contributed by atoms with E-state index in [-0.39, 0.29) is 11.3 Å². The molecule has 0 radical (unpaired) electrons. The Morgan fingerprint density at radius 3 is 2.35 bits per heavy atom. The lowest BCUT2D eigenvalue weighted by Crippen LogP contribution is -2.46. The van der Waals surface area contributed by atoms with Crippen molar-refractivity contribution in [3.8, 4) is 5.75 Å². The van der Waals surface area contributed by atoms with Gasteiger partial charge in [-0.3, -0.25) is 14.5 Å². The molecule has 2 aromatic carbocycles. The molecule has 1 atom stereocenters. The van der Waals surface area contributed by atoms with E-state index in [4.69, 9.17) is 4.74 Å². The molecule has 0 spiro atoms. The molecule has 1 unspecified atom stereocenters. The highest BCUT2D eigenvalue weighted by molar-refractivity contribution is 6.46. The molecule has 0 aliphatic carbocycles. The van der Waals surface area contributed by atoms with Crippen LogP contribution in [-0.4, -0.2) is 73.0 Å². The van der Waals surface area contributed by atoms with E-state index in [1.807, 2.05) is 18.2 Å². The first-order valence-corrected chi connectivity index (χ1v) is 10.5. The molecule has 7 heteroatoms. The fourth-order valence-corrected chi connectivity index (χ4v) is 4.18. The summed E-state index contributed by atoms with van der Waals surface area (Å²) in [6.07, 6.45) is 0. The fraction of sp³-hybridized carbons (Fsp3) is 0.333. The first kappa shape index (κ1) is 21.1. The number of rotatable bonds is 6. The molecule has 2 fully saturated rings. The summed E-state index contributed by atoms with van der Waals surface area (Å²) in [5.41, 5.74) is 1.40. The number of piperazine rings is 1. The van der Waals surface area contributed by atoms with Crippen LogP contribution in [0.3, 0.4) is 0 Å². The number of hydrogen-bond acceptors (Lipinski definition) is 6. The van der Waals surface area contributed by atoms with Crippen LogP contribution in [0.4, 0.5) is 0 Å². The summed E-state index contributed by atoms with van der Waals surface area (Å²) in [4.78, 5) is 29.9. The summed E-state index contributed by atoms with van der Waals surface area (Å²) in [5, 5.41) is 14.3. The van der Waals surface area contributed by atoms with Gasteiger partial charge in [0.05, 0.1) is 18.7 Å². The van der Waals surface area contributed by atoms with Gasteiger partial charge in [0.15, 0.2) is 0 Å². The third-order valence-electron chi connectivity index (χ3n) is 5.89. The molecule has 162 valence electrons. The molecule has 4 rings (SSSR count). The predicted octanol–water partition coefficient (Wildman–Crippen LogP) is 2.02. The molecular formula is C24H27N3O4. The van der Waals surface area contributed by atoms with Gasteiger partial charge in [-0.25, -0.2) is 0 Å². The molecular weight excluding hydrogens is 394 g/mol. The standard InChI is InChI=1S/C24H27N3O4/c1-31-19-9-7-17(8-10-19)21-20(22(28)18-5-3-2-4-6-18)23(29)24(30)27(21)16-15-26-13-11-25-12-14-26/h2-10,21,25,28H,11-16H2,1H3/b22-20-. The van der Waals surface area contributed by atoms with Crippen LogP contribution in [0.15, 0.2) is 60.2 Å². The van der Waals surface area contributed by atoms with Crippen molar-refractivity contribution in [1.29, 1.82) is 0 Å². The molecule has 2 aromatic rings. The van der Waals surface area contributed by atoms with Crippen molar-refractivity contribution in [3.05, 3.63) is 71.3 Å². The summed E-state index contributed by atoms with van der Waals surface area (Å²) in [6.45, 7) is 4.71. The summed E-state index contributed by atoms with van der Waals surface area (Å²) >= 11 is 0. The molecule has 0 saturated carbocycles. The molecule has 0 aromatic heterocycles. The molecule has 2 aliphatic rings. The highest BCUT2D eigenvalue weighted by Crippen LogP contribution is 2.39. The molecule has 2 aliphatic heterocycles. The van der Waals surface area contributed by atoms with Gasteiger partial charge in [0.2, 0.25) is 0 Å². The van der Waals surface area contributed by atoms with Crippen molar-refractivity contribution < 1.29 is 19.4 Å². The third kappa shape index (κ3) is 4.33. The minimum atomic E-state index is -0.650. The zero-order valence-corrected chi connectivity index (χ0v) is 17.6. The molecule has 1 amide bonds. The first-order valence-electron chi connectivity index (χ1n) is 10.5. The van der Waals surface area contributed by atoms with Gasteiger partial charge in [0.1, 0.15) is 11.5 Å². The molecule has 2 saturated heterocycles. The van der Waals surface area contributed by atoms with E-state index in [0.717, 1.165) is 31.7 Å². The number of ether oxygens (including phenoxy) is 1. The second kappa shape index (κ2) is 9.32. The summed E-state index contributed by atoms with van der Waals surface area (Å²) in [5.74, 6) is -0.690. The Morgan fingerprint density at radius 2 is 1.71 bits per heavy atom. The lowest BCUT2D eigenvalue weighted by Gasteiger charge is -2.31. The van der Waals surface area contributed by atoms with E-state index in [1.165, 1.54) is 0 Å². The molecule has 31 heavy (non-hydrogen) atoms. The van der Waals surface area contributed by atoms with Crippen molar-refractivity contribution in [2.75, 3.05) is 46.4 Å². The highest BCUT2D eigenvalue weighted by Gasteiger charge is 2.46. The van der Waals surface area contributed by atoms with Crippen LogP contribution >= 0.6 is 0 Å². The van der Waals surface area contributed by atoms with Gasteiger partial charge in [-0.1, -0.05) is 42.5 Å². The minimum Gasteiger partial charge on any atom is -0.507 e. The third-order valence-corrected chi connectivity index (χ3v) is 5.89. The smallest absolute Gasteiger partial charge is 0.295 e. The minimum absolute atomic E-state index is 0.127. The molecule has 7 nitrogen and oxygen atoms in total. The number of nitrogens with one attached hydrogen (secondary N) is 1. The number of benzene rings is 2. The fourth-order valence-electron chi connectivity index (χ4n) is 4.18. The van der Waals surface area contributed by atoms with Crippen LogP contribution < -0.4 is 10.1 Å². The van der Waals surface area contributed by atoms with Crippen molar-refractivity contribution in [2.24, 2.45) is 0 Å². The van der Waals surface area contributed by atoms with Crippen LogP contribution in [0.25, 0.3) is 5.76 Å². The van der Waals surface area contributed by atoms with E-state index >= 15 is 0 Å². The molecule has 0 bridgehead atoms.